The molecular weight excluding hydrogens is 240 g/mol. The molecule has 2 saturated heterocycles. The first-order valence-corrected chi connectivity index (χ1v) is 7.49. The summed E-state index contributed by atoms with van der Waals surface area (Å²) in [5.41, 5.74) is 4.97. The summed E-state index contributed by atoms with van der Waals surface area (Å²) >= 11 is 0. The second-order valence-electron chi connectivity index (χ2n) is 6.30. The van der Waals surface area contributed by atoms with Gasteiger partial charge in [-0.05, 0) is 39.8 Å². The van der Waals surface area contributed by atoms with E-state index in [-0.39, 0.29) is 5.91 Å². The molecule has 0 radical (unpaired) electrons. The van der Waals surface area contributed by atoms with Crippen LogP contribution in [-0.2, 0) is 4.79 Å². The van der Waals surface area contributed by atoms with Gasteiger partial charge in [-0.15, -0.1) is 0 Å². The van der Waals surface area contributed by atoms with Crippen LogP contribution in [0.3, 0.4) is 0 Å². The number of amides is 1. The van der Waals surface area contributed by atoms with Crippen LogP contribution in [0.5, 0.6) is 0 Å². The van der Waals surface area contributed by atoms with E-state index in [2.05, 4.69) is 22.0 Å². The molecule has 5 heteroatoms. The zero-order valence-electron chi connectivity index (χ0n) is 12.5. The molecule has 3 unspecified atom stereocenters. The quantitative estimate of drug-likeness (QED) is 0.737. The van der Waals surface area contributed by atoms with Crippen LogP contribution in [0.2, 0.25) is 0 Å². The van der Waals surface area contributed by atoms with Crippen LogP contribution in [-0.4, -0.2) is 66.1 Å². The summed E-state index contributed by atoms with van der Waals surface area (Å²) in [5.74, 6) is -0.254. The highest BCUT2D eigenvalue weighted by Gasteiger charge is 2.39. The van der Waals surface area contributed by atoms with Gasteiger partial charge in [-0.25, -0.2) is 0 Å². The topological polar surface area (TPSA) is 61.6 Å². The number of carbonyl (C=O) groups is 1. The third-order valence-corrected chi connectivity index (χ3v) is 4.70. The van der Waals surface area contributed by atoms with Crippen molar-refractivity contribution in [1.29, 1.82) is 0 Å². The Kier molecular flexibility index (Phi) is 4.48. The molecule has 0 saturated carbocycles. The second kappa shape index (κ2) is 5.77. The minimum atomic E-state index is -0.621. The zero-order valence-corrected chi connectivity index (χ0v) is 12.5. The molecule has 3 atom stereocenters. The van der Waals surface area contributed by atoms with E-state index >= 15 is 0 Å². The summed E-state index contributed by atoms with van der Waals surface area (Å²) in [5, 5.41) is 3.26. The molecule has 2 aliphatic heterocycles. The first kappa shape index (κ1) is 14.8. The Morgan fingerprint density at radius 3 is 2.84 bits per heavy atom. The first-order valence-electron chi connectivity index (χ1n) is 7.49. The number of carbonyl (C=O) groups excluding carboxylic acids is 1. The third kappa shape index (κ3) is 3.09. The standard InChI is InChI=1S/C14H28N4O/c1-4-16-14(3,13(15)19)10-18-9-12-6-5-7-17(12)8-11(18)2/h11-12,16H,4-10H2,1-3H3,(H2,15,19). The number of fused-ring (bicyclic) bond motifs is 1. The van der Waals surface area contributed by atoms with Crippen LogP contribution in [0.1, 0.15) is 33.6 Å². The van der Waals surface area contributed by atoms with Gasteiger partial charge in [0.2, 0.25) is 5.91 Å². The Hall–Kier alpha value is -0.650. The molecule has 110 valence electrons. The summed E-state index contributed by atoms with van der Waals surface area (Å²) in [6.07, 6.45) is 2.60. The lowest BCUT2D eigenvalue weighted by Crippen LogP contribution is -2.64. The van der Waals surface area contributed by atoms with Crippen molar-refractivity contribution < 1.29 is 4.79 Å². The molecule has 2 fully saturated rings. The maximum atomic E-state index is 11.7. The predicted octanol–water partition coefficient (Wildman–Crippen LogP) is 0.00840. The fourth-order valence-corrected chi connectivity index (χ4v) is 3.49. The zero-order chi connectivity index (χ0) is 14.0. The van der Waals surface area contributed by atoms with Gasteiger partial charge in [-0.1, -0.05) is 6.92 Å². The summed E-state index contributed by atoms with van der Waals surface area (Å²) < 4.78 is 0. The molecule has 0 spiro atoms. The van der Waals surface area contributed by atoms with Gasteiger partial charge in [0, 0.05) is 31.7 Å². The van der Waals surface area contributed by atoms with E-state index < -0.39 is 5.54 Å². The number of hydrogen-bond donors (Lipinski definition) is 2. The van der Waals surface area contributed by atoms with Crippen LogP contribution in [0.4, 0.5) is 0 Å². The smallest absolute Gasteiger partial charge is 0.238 e. The number of rotatable bonds is 5. The van der Waals surface area contributed by atoms with Gasteiger partial charge in [-0.3, -0.25) is 14.6 Å². The SMILES string of the molecule is CCNC(C)(CN1CC2CCCN2CC1C)C(N)=O. The molecular formula is C14H28N4O. The summed E-state index contributed by atoms with van der Waals surface area (Å²) in [7, 11) is 0. The lowest BCUT2D eigenvalue weighted by atomic mass is 9.97. The number of hydrogen-bond acceptors (Lipinski definition) is 4. The van der Waals surface area contributed by atoms with E-state index in [0.29, 0.717) is 18.6 Å². The van der Waals surface area contributed by atoms with Gasteiger partial charge in [0.05, 0.1) is 0 Å². The second-order valence-corrected chi connectivity index (χ2v) is 6.30. The largest absolute Gasteiger partial charge is 0.368 e. The molecule has 2 aliphatic rings. The fraction of sp³-hybridized carbons (Fsp3) is 0.929. The van der Waals surface area contributed by atoms with Gasteiger partial charge in [0.1, 0.15) is 5.54 Å². The van der Waals surface area contributed by atoms with E-state index in [9.17, 15) is 4.79 Å². The predicted molar refractivity (Wildman–Crippen MR) is 76.9 cm³/mol. The summed E-state index contributed by atoms with van der Waals surface area (Å²) in [6, 6.07) is 1.17. The number of primary amides is 1. The average Bonchev–Trinajstić information content (AvgIpc) is 2.76. The number of nitrogens with one attached hydrogen (secondary N) is 1. The maximum Gasteiger partial charge on any atom is 0.238 e. The van der Waals surface area contributed by atoms with Crippen molar-refractivity contribution in [2.75, 3.05) is 32.7 Å². The Morgan fingerprint density at radius 2 is 2.21 bits per heavy atom. The molecule has 2 heterocycles. The van der Waals surface area contributed by atoms with E-state index in [1.165, 1.54) is 19.4 Å². The van der Waals surface area contributed by atoms with E-state index in [1.54, 1.807) is 0 Å². The number of likely N-dealkylation sites (N-methyl/N-ethyl adjacent to an activating group) is 1. The monoisotopic (exact) mass is 268 g/mol. The van der Waals surface area contributed by atoms with Gasteiger partial charge in [0.15, 0.2) is 0 Å². The highest BCUT2D eigenvalue weighted by molar-refractivity contribution is 5.84. The first-order chi connectivity index (χ1) is 8.96. The Labute approximate surface area is 116 Å². The van der Waals surface area contributed by atoms with Crippen molar-refractivity contribution in [2.45, 2.75) is 51.2 Å². The third-order valence-electron chi connectivity index (χ3n) is 4.70. The minimum absolute atomic E-state index is 0.254. The maximum absolute atomic E-state index is 11.7. The molecule has 0 bridgehead atoms. The van der Waals surface area contributed by atoms with Crippen LogP contribution < -0.4 is 11.1 Å². The van der Waals surface area contributed by atoms with Crippen molar-refractivity contribution in [1.82, 2.24) is 15.1 Å². The fourth-order valence-electron chi connectivity index (χ4n) is 3.49. The Bertz CT molecular complexity index is 335. The average molecular weight is 268 g/mol. The highest BCUT2D eigenvalue weighted by atomic mass is 16.1. The number of nitrogens with two attached hydrogens (primary N) is 1. The Balaban J connectivity index is 2.02. The van der Waals surface area contributed by atoms with Crippen LogP contribution in [0.15, 0.2) is 0 Å². The minimum Gasteiger partial charge on any atom is -0.368 e. The lowest BCUT2D eigenvalue weighted by molar-refractivity contribution is -0.125. The summed E-state index contributed by atoms with van der Waals surface area (Å²) in [4.78, 5) is 16.8. The summed E-state index contributed by atoms with van der Waals surface area (Å²) in [6.45, 7) is 11.1. The van der Waals surface area contributed by atoms with Gasteiger partial charge in [-0.2, -0.15) is 0 Å². The molecule has 19 heavy (non-hydrogen) atoms. The van der Waals surface area contributed by atoms with Crippen molar-refractivity contribution in [3.8, 4) is 0 Å². The van der Waals surface area contributed by atoms with Crippen molar-refractivity contribution in [2.24, 2.45) is 5.73 Å². The van der Waals surface area contributed by atoms with E-state index in [4.69, 9.17) is 5.73 Å². The lowest BCUT2D eigenvalue weighted by Gasteiger charge is -2.45. The highest BCUT2D eigenvalue weighted by Crippen LogP contribution is 2.25. The van der Waals surface area contributed by atoms with Crippen molar-refractivity contribution in [3.63, 3.8) is 0 Å². The van der Waals surface area contributed by atoms with Crippen LogP contribution in [0.25, 0.3) is 0 Å². The molecule has 2 rings (SSSR count). The number of nitrogens with zero attached hydrogens (tertiary/aromatic N) is 2. The van der Waals surface area contributed by atoms with E-state index in [0.717, 1.165) is 19.6 Å². The molecule has 0 aromatic rings. The molecule has 1 amide bonds. The van der Waals surface area contributed by atoms with Crippen molar-refractivity contribution >= 4 is 5.91 Å². The molecule has 0 aliphatic carbocycles. The van der Waals surface area contributed by atoms with E-state index in [1.807, 2.05) is 13.8 Å². The molecule has 0 aromatic heterocycles. The van der Waals surface area contributed by atoms with Gasteiger partial charge in [0.25, 0.3) is 0 Å². The van der Waals surface area contributed by atoms with Gasteiger partial charge >= 0.3 is 0 Å². The molecule has 5 nitrogen and oxygen atoms in total. The molecule has 0 aromatic carbocycles. The van der Waals surface area contributed by atoms with Crippen molar-refractivity contribution in [3.05, 3.63) is 0 Å². The number of piperazine rings is 1. The molecule has 3 N–H and O–H groups in total. The Morgan fingerprint density at radius 1 is 1.47 bits per heavy atom. The normalized spacial score (nSPS) is 31.9. The van der Waals surface area contributed by atoms with Crippen LogP contribution in [0, 0.1) is 0 Å². The van der Waals surface area contributed by atoms with Crippen LogP contribution >= 0.6 is 0 Å². The van der Waals surface area contributed by atoms with Gasteiger partial charge < -0.3 is 11.1 Å².